The number of aromatic nitrogens is 1. The topological polar surface area (TPSA) is 68.0 Å². The number of carbonyl (C=O) groups is 1. The van der Waals surface area contributed by atoms with Crippen molar-refractivity contribution in [3.8, 4) is 0 Å². The van der Waals surface area contributed by atoms with E-state index in [1.54, 1.807) is 6.20 Å². The van der Waals surface area contributed by atoms with Crippen LogP contribution in [0.2, 0.25) is 0 Å². The third-order valence-corrected chi connectivity index (χ3v) is 3.94. The smallest absolute Gasteiger partial charge is 0.233 e. The SMILES string of the molecule is CCC(CC)(CN)C(=O)Nc1ncc(Br)cc1C. The molecule has 0 saturated carbocycles. The zero-order valence-corrected chi connectivity index (χ0v) is 12.7. The lowest BCUT2D eigenvalue weighted by Crippen LogP contribution is -2.41. The van der Waals surface area contributed by atoms with E-state index in [0.29, 0.717) is 12.4 Å². The molecule has 0 saturated heterocycles. The van der Waals surface area contributed by atoms with Crippen LogP contribution in [0.5, 0.6) is 0 Å². The van der Waals surface area contributed by atoms with Crippen LogP contribution in [-0.2, 0) is 4.79 Å². The lowest BCUT2D eigenvalue weighted by molar-refractivity contribution is -0.125. The largest absolute Gasteiger partial charge is 0.329 e. The molecule has 0 aliphatic heterocycles. The predicted octanol–water partition coefficient (Wildman–Crippen LogP) is 2.86. The highest BCUT2D eigenvalue weighted by Gasteiger charge is 2.33. The van der Waals surface area contributed by atoms with Crippen LogP contribution in [0, 0.1) is 12.3 Å². The van der Waals surface area contributed by atoms with E-state index in [1.807, 2.05) is 26.8 Å². The first kappa shape index (κ1) is 15.1. The number of anilines is 1. The Bertz CT molecular complexity index is 422. The Kier molecular flexibility index (Phi) is 5.28. The summed E-state index contributed by atoms with van der Waals surface area (Å²) in [4.78, 5) is 16.5. The number of amides is 1. The normalized spacial score (nSPS) is 11.4. The first-order chi connectivity index (χ1) is 8.49. The van der Waals surface area contributed by atoms with Gasteiger partial charge in [-0.25, -0.2) is 4.98 Å². The Morgan fingerprint density at radius 2 is 2.11 bits per heavy atom. The fourth-order valence-corrected chi connectivity index (χ4v) is 2.31. The molecule has 0 aliphatic carbocycles. The van der Waals surface area contributed by atoms with Crippen LogP contribution in [0.1, 0.15) is 32.3 Å². The molecule has 0 aromatic carbocycles. The second-order valence-electron chi connectivity index (χ2n) is 4.46. The third-order valence-electron chi connectivity index (χ3n) is 3.50. The summed E-state index contributed by atoms with van der Waals surface area (Å²) < 4.78 is 0.897. The summed E-state index contributed by atoms with van der Waals surface area (Å²) in [5, 5.41) is 2.88. The number of aryl methyl sites for hydroxylation is 1. The minimum absolute atomic E-state index is 0.0482. The van der Waals surface area contributed by atoms with Gasteiger partial charge < -0.3 is 11.1 Å². The zero-order valence-electron chi connectivity index (χ0n) is 11.1. The van der Waals surface area contributed by atoms with Crippen LogP contribution in [-0.4, -0.2) is 17.4 Å². The Labute approximate surface area is 116 Å². The number of hydrogen-bond acceptors (Lipinski definition) is 3. The van der Waals surface area contributed by atoms with E-state index in [9.17, 15) is 4.79 Å². The maximum Gasteiger partial charge on any atom is 0.233 e. The van der Waals surface area contributed by atoms with Crippen LogP contribution < -0.4 is 11.1 Å². The van der Waals surface area contributed by atoms with E-state index in [2.05, 4.69) is 26.2 Å². The molecule has 18 heavy (non-hydrogen) atoms. The number of rotatable bonds is 5. The standard InChI is InChI=1S/C13H20BrN3O/c1-4-13(5-2,8-15)12(18)17-11-9(3)6-10(14)7-16-11/h6-7H,4-5,8,15H2,1-3H3,(H,16,17,18). The molecular formula is C13H20BrN3O. The fraction of sp³-hybridized carbons (Fsp3) is 0.538. The van der Waals surface area contributed by atoms with Gasteiger partial charge >= 0.3 is 0 Å². The van der Waals surface area contributed by atoms with Crippen molar-refractivity contribution >= 4 is 27.7 Å². The summed E-state index contributed by atoms with van der Waals surface area (Å²) >= 11 is 3.35. The molecule has 1 heterocycles. The molecule has 4 nitrogen and oxygen atoms in total. The monoisotopic (exact) mass is 313 g/mol. The van der Waals surface area contributed by atoms with Crippen molar-refractivity contribution in [2.45, 2.75) is 33.6 Å². The molecule has 0 bridgehead atoms. The van der Waals surface area contributed by atoms with E-state index >= 15 is 0 Å². The van der Waals surface area contributed by atoms with Crippen molar-refractivity contribution in [1.29, 1.82) is 0 Å². The zero-order chi connectivity index (χ0) is 13.8. The molecule has 1 aromatic heterocycles. The molecule has 1 aromatic rings. The molecule has 3 N–H and O–H groups in total. The summed E-state index contributed by atoms with van der Waals surface area (Å²) in [5.74, 6) is 0.552. The van der Waals surface area contributed by atoms with Crippen molar-refractivity contribution < 1.29 is 4.79 Å². The van der Waals surface area contributed by atoms with Crippen LogP contribution in [0.25, 0.3) is 0 Å². The maximum atomic E-state index is 12.3. The van der Waals surface area contributed by atoms with Gasteiger partial charge in [0.25, 0.3) is 0 Å². The van der Waals surface area contributed by atoms with Gasteiger partial charge in [0.1, 0.15) is 5.82 Å². The van der Waals surface area contributed by atoms with E-state index < -0.39 is 5.41 Å². The Balaban J connectivity index is 2.93. The van der Waals surface area contributed by atoms with Gasteiger partial charge in [-0.05, 0) is 47.3 Å². The van der Waals surface area contributed by atoms with Crippen molar-refractivity contribution in [3.63, 3.8) is 0 Å². The average Bonchev–Trinajstić information content (AvgIpc) is 2.36. The van der Waals surface area contributed by atoms with Gasteiger partial charge in [-0.15, -0.1) is 0 Å². The molecular weight excluding hydrogens is 294 g/mol. The minimum Gasteiger partial charge on any atom is -0.329 e. The van der Waals surface area contributed by atoms with E-state index in [1.165, 1.54) is 0 Å². The Hall–Kier alpha value is -0.940. The maximum absolute atomic E-state index is 12.3. The van der Waals surface area contributed by atoms with Crippen molar-refractivity contribution in [1.82, 2.24) is 4.98 Å². The molecule has 0 unspecified atom stereocenters. The molecule has 0 spiro atoms. The Morgan fingerprint density at radius 1 is 1.50 bits per heavy atom. The van der Waals surface area contributed by atoms with Gasteiger partial charge in [0, 0.05) is 17.2 Å². The van der Waals surface area contributed by atoms with Gasteiger partial charge in [-0.2, -0.15) is 0 Å². The van der Waals surface area contributed by atoms with Gasteiger partial charge in [0.2, 0.25) is 5.91 Å². The van der Waals surface area contributed by atoms with Gasteiger partial charge in [-0.3, -0.25) is 4.79 Å². The number of nitrogens with two attached hydrogens (primary N) is 1. The summed E-state index contributed by atoms with van der Waals surface area (Å²) in [6.45, 7) is 6.23. The number of nitrogens with one attached hydrogen (secondary N) is 1. The van der Waals surface area contributed by atoms with Gasteiger partial charge in [0.05, 0.1) is 5.41 Å². The van der Waals surface area contributed by atoms with Gasteiger partial charge in [0.15, 0.2) is 0 Å². The third kappa shape index (κ3) is 3.09. The van der Waals surface area contributed by atoms with Crippen molar-refractivity contribution in [2.75, 3.05) is 11.9 Å². The number of hydrogen-bond donors (Lipinski definition) is 2. The number of pyridine rings is 1. The Morgan fingerprint density at radius 3 is 2.56 bits per heavy atom. The van der Waals surface area contributed by atoms with Crippen molar-refractivity contribution in [2.24, 2.45) is 11.1 Å². The number of nitrogens with zero attached hydrogens (tertiary/aromatic N) is 1. The van der Waals surface area contributed by atoms with Crippen LogP contribution in [0.15, 0.2) is 16.7 Å². The molecule has 1 amide bonds. The summed E-state index contributed by atoms with van der Waals surface area (Å²) in [6, 6.07) is 1.92. The molecule has 0 aliphatic rings. The fourth-order valence-electron chi connectivity index (χ4n) is 1.86. The molecule has 0 fully saturated rings. The van der Waals surface area contributed by atoms with E-state index in [4.69, 9.17) is 5.73 Å². The predicted molar refractivity (Wildman–Crippen MR) is 77.4 cm³/mol. The first-order valence-electron chi connectivity index (χ1n) is 6.12. The lowest BCUT2D eigenvalue weighted by Gasteiger charge is -2.28. The van der Waals surface area contributed by atoms with Crippen LogP contribution in [0.4, 0.5) is 5.82 Å². The number of carbonyl (C=O) groups excluding carboxylic acids is 1. The first-order valence-corrected chi connectivity index (χ1v) is 6.92. The van der Waals surface area contributed by atoms with Crippen LogP contribution in [0.3, 0.4) is 0 Å². The molecule has 1 rings (SSSR count). The minimum atomic E-state index is -0.499. The summed E-state index contributed by atoms with van der Waals surface area (Å²) in [6.07, 6.45) is 3.12. The second kappa shape index (κ2) is 6.29. The molecule has 5 heteroatoms. The summed E-state index contributed by atoms with van der Waals surface area (Å²) in [5.41, 5.74) is 6.18. The molecule has 0 atom stereocenters. The van der Waals surface area contributed by atoms with Crippen molar-refractivity contribution in [3.05, 3.63) is 22.3 Å². The number of halogens is 1. The van der Waals surface area contributed by atoms with Crippen LogP contribution >= 0.6 is 15.9 Å². The second-order valence-corrected chi connectivity index (χ2v) is 5.38. The highest BCUT2D eigenvalue weighted by Crippen LogP contribution is 2.27. The van der Waals surface area contributed by atoms with E-state index in [0.717, 1.165) is 22.9 Å². The lowest BCUT2D eigenvalue weighted by atomic mass is 9.81. The highest BCUT2D eigenvalue weighted by molar-refractivity contribution is 9.10. The van der Waals surface area contributed by atoms with Gasteiger partial charge in [-0.1, -0.05) is 13.8 Å². The molecule has 0 radical (unpaired) electrons. The summed E-state index contributed by atoms with van der Waals surface area (Å²) in [7, 11) is 0. The highest BCUT2D eigenvalue weighted by atomic mass is 79.9. The average molecular weight is 314 g/mol. The quantitative estimate of drug-likeness (QED) is 0.878. The van der Waals surface area contributed by atoms with E-state index in [-0.39, 0.29) is 5.91 Å². The molecule has 100 valence electrons.